The second-order valence-corrected chi connectivity index (χ2v) is 7.58. The highest BCUT2D eigenvalue weighted by atomic mass is 79.9. The number of rotatable bonds is 2. The number of nitrogens with zero attached hydrogens (tertiary/aromatic N) is 1. The van der Waals surface area contributed by atoms with Crippen molar-refractivity contribution in [3.8, 4) is 0 Å². The van der Waals surface area contributed by atoms with Crippen molar-refractivity contribution < 1.29 is 0 Å². The fourth-order valence-corrected chi connectivity index (χ4v) is 4.79. The zero-order valence-electron chi connectivity index (χ0n) is 9.59. The summed E-state index contributed by atoms with van der Waals surface area (Å²) in [4.78, 5) is 3.92. The van der Waals surface area contributed by atoms with Crippen LogP contribution in [0.5, 0.6) is 0 Å². The fourth-order valence-electron chi connectivity index (χ4n) is 2.95. The Labute approximate surface area is 119 Å². The van der Waals surface area contributed by atoms with Gasteiger partial charge in [0.25, 0.3) is 0 Å². The van der Waals surface area contributed by atoms with Gasteiger partial charge in [0.05, 0.1) is 0 Å². The molecule has 1 N–H and O–H groups in total. The Balaban J connectivity index is 1.63. The first-order valence-corrected chi connectivity index (χ1v) is 8.10. The van der Waals surface area contributed by atoms with Gasteiger partial charge in [0.1, 0.15) is 4.34 Å². The van der Waals surface area contributed by atoms with E-state index in [9.17, 15) is 0 Å². The third-order valence-corrected chi connectivity index (χ3v) is 6.21. The molecule has 0 saturated carbocycles. The van der Waals surface area contributed by atoms with Crippen molar-refractivity contribution in [1.82, 2.24) is 10.2 Å². The minimum absolute atomic E-state index is 0.725. The van der Waals surface area contributed by atoms with Gasteiger partial charge in [-0.25, -0.2) is 0 Å². The first-order valence-electron chi connectivity index (χ1n) is 6.12. The maximum absolute atomic E-state index is 6.08. The van der Waals surface area contributed by atoms with Gasteiger partial charge in [0.2, 0.25) is 0 Å². The predicted octanol–water partition coefficient (Wildman–Crippen LogP) is 3.35. The Morgan fingerprint density at radius 1 is 1.53 bits per heavy atom. The molecule has 2 nitrogen and oxygen atoms in total. The summed E-state index contributed by atoms with van der Waals surface area (Å²) in [7, 11) is 0. The molecule has 3 heterocycles. The highest BCUT2D eigenvalue weighted by Gasteiger charge is 2.34. The van der Waals surface area contributed by atoms with Gasteiger partial charge in [-0.2, -0.15) is 0 Å². The Hall–Kier alpha value is 0.390. The van der Waals surface area contributed by atoms with E-state index in [-0.39, 0.29) is 0 Å². The van der Waals surface area contributed by atoms with E-state index in [1.54, 1.807) is 11.3 Å². The highest BCUT2D eigenvalue weighted by Crippen LogP contribution is 2.34. The lowest BCUT2D eigenvalue weighted by molar-refractivity contribution is 0.315. The van der Waals surface area contributed by atoms with Crippen molar-refractivity contribution >= 4 is 38.9 Å². The molecule has 0 spiro atoms. The van der Waals surface area contributed by atoms with Crippen LogP contribution in [-0.2, 0) is 6.54 Å². The Morgan fingerprint density at radius 3 is 3.12 bits per heavy atom. The van der Waals surface area contributed by atoms with Crippen LogP contribution in [0.1, 0.15) is 17.7 Å². The molecule has 2 aliphatic heterocycles. The zero-order valence-corrected chi connectivity index (χ0v) is 12.7. The lowest BCUT2D eigenvalue weighted by atomic mass is 9.94. The summed E-state index contributed by atoms with van der Waals surface area (Å²) in [6, 6.07) is 2.88. The predicted molar refractivity (Wildman–Crippen MR) is 76.8 cm³/mol. The molecule has 5 heteroatoms. The summed E-state index contributed by atoms with van der Waals surface area (Å²) in [5.74, 6) is 0.864. The number of halogens is 2. The van der Waals surface area contributed by atoms with Crippen LogP contribution in [0.4, 0.5) is 0 Å². The molecule has 2 fully saturated rings. The summed E-state index contributed by atoms with van der Waals surface area (Å²) in [5.41, 5.74) is 0. The van der Waals surface area contributed by atoms with Crippen LogP contribution >= 0.6 is 38.9 Å². The van der Waals surface area contributed by atoms with Crippen LogP contribution < -0.4 is 5.32 Å². The third-order valence-electron chi connectivity index (χ3n) is 3.75. The van der Waals surface area contributed by atoms with Crippen molar-refractivity contribution in [2.24, 2.45) is 5.92 Å². The molecule has 1 aromatic rings. The van der Waals surface area contributed by atoms with Crippen molar-refractivity contribution in [1.29, 1.82) is 0 Å². The molecule has 2 aliphatic rings. The van der Waals surface area contributed by atoms with Gasteiger partial charge in [-0.05, 0) is 47.3 Å². The molecule has 0 aliphatic carbocycles. The average molecular weight is 336 g/mol. The van der Waals surface area contributed by atoms with Crippen molar-refractivity contribution in [3.63, 3.8) is 0 Å². The van der Waals surface area contributed by atoms with E-state index in [2.05, 4.69) is 32.2 Å². The molecule has 2 saturated heterocycles. The molecule has 0 radical (unpaired) electrons. The van der Waals surface area contributed by atoms with Gasteiger partial charge in [-0.1, -0.05) is 11.6 Å². The zero-order chi connectivity index (χ0) is 11.8. The molecular weight excluding hydrogens is 320 g/mol. The normalized spacial score (nSPS) is 29.5. The Kier molecular flexibility index (Phi) is 3.78. The maximum atomic E-state index is 6.08. The number of thiophene rings is 1. The lowest BCUT2D eigenvalue weighted by Crippen LogP contribution is -2.40. The molecule has 0 amide bonds. The van der Waals surface area contributed by atoms with E-state index in [4.69, 9.17) is 11.6 Å². The molecular formula is C12H16BrClN2S. The fraction of sp³-hybridized carbons (Fsp3) is 0.667. The van der Waals surface area contributed by atoms with Crippen LogP contribution in [0.25, 0.3) is 0 Å². The highest BCUT2D eigenvalue weighted by molar-refractivity contribution is 9.10. The summed E-state index contributed by atoms with van der Waals surface area (Å²) >= 11 is 11.2. The number of hydrogen-bond donors (Lipinski definition) is 1. The number of piperidine rings is 1. The van der Waals surface area contributed by atoms with Gasteiger partial charge >= 0.3 is 0 Å². The van der Waals surface area contributed by atoms with Gasteiger partial charge < -0.3 is 5.32 Å². The first-order chi connectivity index (χ1) is 8.22. The Bertz CT molecular complexity index is 376. The molecule has 17 heavy (non-hydrogen) atoms. The standard InChI is InChI=1S/C12H16BrClN2S/c13-10-4-9(17-12(10)14)6-16-5-8-2-1-3-15-11(8)7-16/h4,8,11,15H,1-3,5-7H2. The average Bonchev–Trinajstić information content (AvgIpc) is 2.83. The van der Waals surface area contributed by atoms with Crippen molar-refractivity contribution in [2.75, 3.05) is 19.6 Å². The summed E-state index contributed by atoms with van der Waals surface area (Å²) in [6.45, 7) is 4.68. The monoisotopic (exact) mass is 334 g/mol. The quantitative estimate of drug-likeness (QED) is 0.891. The van der Waals surface area contributed by atoms with Gasteiger partial charge in [-0.3, -0.25) is 4.90 Å². The number of fused-ring (bicyclic) bond motifs is 1. The van der Waals surface area contributed by atoms with Crippen LogP contribution in [0.15, 0.2) is 10.5 Å². The number of hydrogen-bond acceptors (Lipinski definition) is 3. The van der Waals surface area contributed by atoms with Gasteiger partial charge in [-0.15, -0.1) is 11.3 Å². The van der Waals surface area contributed by atoms with Crippen LogP contribution in [0.3, 0.4) is 0 Å². The molecule has 0 aromatic carbocycles. The summed E-state index contributed by atoms with van der Waals surface area (Å²) in [5, 5.41) is 3.64. The molecule has 2 unspecified atom stereocenters. The second-order valence-electron chi connectivity index (χ2n) is 4.99. The second kappa shape index (κ2) is 5.17. The van der Waals surface area contributed by atoms with E-state index in [0.717, 1.165) is 27.3 Å². The maximum Gasteiger partial charge on any atom is 0.107 e. The number of nitrogens with one attached hydrogen (secondary N) is 1. The summed E-state index contributed by atoms with van der Waals surface area (Å²) in [6.07, 6.45) is 2.73. The minimum Gasteiger partial charge on any atom is -0.312 e. The van der Waals surface area contributed by atoms with E-state index in [1.807, 2.05) is 0 Å². The van der Waals surface area contributed by atoms with E-state index < -0.39 is 0 Å². The third kappa shape index (κ3) is 2.71. The first kappa shape index (κ1) is 12.4. The molecule has 2 atom stereocenters. The molecule has 94 valence electrons. The van der Waals surface area contributed by atoms with E-state index in [1.165, 1.54) is 37.4 Å². The van der Waals surface area contributed by atoms with Gasteiger partial charge in [0.15, 0.2) is 0 Å². The molecule has 0 bridgehead atoms. The lowest BCUT2D eigenvalue weighted by Gasteiger charge is -2.24. The number of likely N-dealkylation sites (tertiary alicyclic amines) is 1. The van der Waals surface area contributed by atoms with Crippen LogP contribution in [0.2, 0.25) is 4.34 Å². The van der Waals surface area contributed by atoms with E-state index >= 15 is 0 Å². The SMILES string of the molecule is Clc1sc(CN2CC3CCCNC3C2)cc1Br. The van der Waals surface area contributed by atoms with Gasteiger partial charge in [0, 0.05) is 35.0 Å². The van der Waals surface area contributed by atoms with Crippen molar-refractivity contribution in [2.45, 2.75) is 25.4 Å². The smallest absolute Gasteiger partial charge is 0.107 e. The molecule has 1 aromatic heterocycles. The van der Waals surface area contributed by atoms with Crippen LogP contribution in [0, 0.1) is 5.92 Å². The van der Waals surface area contributed by atoms with Crippen molar-refractivity contribution in [3.05, 3.63) is 19.8 Å². The van der Waals surface area contributed by atoms with Crippen LogP contribution in [-0.4, -0.2) is 30.6 Å². The summed E-state index contributed by atoms with van der Waals surface area (Å²) < 4.78 is 1.91. The Morgan fingerprint density at radius 2 is 2.41 bits per heavy atom. The van der Waals surface area contributed by atoms with E-state index in [0.29, 0.717) is 0 Å². The topological polar surface area (TPSA) is 15.3 Å². The largest absolute Gasteiger partial charge is 0.312 e. The molecule has 3 rings (SSSR count). The minimum atomic E-state index is 0.725.